The van der Waals surface area contributed by atoms with E-state index in [2.05, 4.69) is 5.32 Å². The maximum atomic E-state index is 12.7. The number of nitrogens with one attached hydrogen (secondary N) is 1. The lowest BCUT2D eigenvalue weighted by atomic mass is 10.0. The molecule has 0 bridgehead atoms. The number of carboxylic acids is 1. The van der Waals surface area contributed by atoms with Gasteiger partial charge in [-0.25, -0.2) is 0 Å². The molecule has 0 aliphatic heterocycles. The van der Waals surface area contributed by atoms with Crippen LogP contribution >= 0.6 is 0 Å². The van der Waals surface area contributed by atoms with Crippen molar-refractivity contribution in [2.24, 2.45) is 5.92 Å². The first kappa shape index (κ1) is 21.5. The monoisotopic (exact) mass is 364 g/mol. The summed E-state index contributed by atoms with van der Waals surface area (Å²) in [4.78, 5) is 37.5. The van der Waals surface area contributed by atoms with Crippen molar-refractivity contribution >= 4 is 17.8 Å². The van der Waals surface area contributed by atoms with Crippen molar-refractivity contribution in [2.75, 3.05) is 19.7 Å². The zero-order valence-electron chi connectivity index (χ0n) is 15.8. The summed E-state index contributed by atoms with van der Waals surface area (Å²) in [6, 6.07) is 5.85. The minimum absolute atomic E-state index is 0.178. The van der Waals surface area contributed by atoms with Crippen LogP contribution in [0.15, 0.2) is 24.3 Å². The molecule has 0 saturated heterocycles. The summed E-state index contributed by atoms with van der Waals surface area (Å²) < 4.78 is 5.35. The van der Waals surface area contributed by atoms with Crippen LogP contribution in [0.5, 0.6) is 5.75 Å². The summed E-state index contributed by atoms with van der Waals surface area (Å²) in [5.74, 6) is -1.36. The third kappa shape index (κ3) is 6.38. The number of hydrogen-bond acceptors (Lipinski definition) is 4. The van der Waals surface area contributed by atoms with Crippen LogP contribution in [0.25, 0.3) is 0 Å². The first-order valence-electron chi connectivity index (χ1n) is 8.84. The van der Waals surface area contributed by atoms with Gasteiger partial charge in [-0.3, -0.25) is 14.4 Å². The van der Waals surface area contributed by atoms with Crippen LogP contribution in [0.2, 0.25) is 0 Å². The molecular weight excluding hydrogens is 336 g/mol. The van der Waals surface area contributed by atoms with Gasteiger partial charge in [-0.1, -0.05) is 20.8 Å². The fraction of sp³-hybridized carbons (Fsp3) is 0.526. The first-order valence-corrected chi connectivity index (χ1v) is 8.84. The Morgan fingerprint density at radius 1 is 1.15 bits per heavy atom. The molecule has 7 nitrogen and oxygen atoms in total. The molecule has 0 spiro atoms. The number of ether oxygens (including phenoxy) is 1. The standard InChI is InChI=1S/C19H28N2O5/c1-5-11-21(12-16(22)23)19(25)17(13(3)4)20-18(24)14-7-9-15(10-8-14)26-6-2/h7-10,13,17H,5-6,11-12H2,1-4H3,(H,20,24)(H,22,23). The summed E-state index contributed by atoms with van der Waals surface area (Å²) in [5, 5.41) is 11.7. The van der Waals surface area contributed by atoms with Gasteiger partial charge in [-0.15, -0.1) is 0 Å². The van der Waals surface area contributed by atoms with Crippen molar-refractivity contribution in [3.05, 3.63) is 29.8 Å². The van der Waals surface area contributed by atoms with Gasteiger partial charge in [0.1, 0.15) is 18.3 Å². The van der Waals surface area contributed by atoms with E-state index in [4.69, 9.17) is 9.84 Å². The van der Waals surface area contributed by atoms with Crippen molar-refractivity contribution in [1.82, 2.24) is 10.2 Å². The topological polar surface area (TPSA) is 95.9 Å². The molecule has 7 heteroatoms. The Bertz CT molecular complexity index is 613. The highest BCUT2D eigenvalue weighted by Gasteiger charge is 2.29. The number of rotatable bonds is 10. The van der Waals surface area contributed by atoms with Crippen LogP contribution < -0.4 is 10.1 Å². The smallest absolute Gasteiger partial charge is 0.323 e. The zero-order valence-corrected chi connectivity index (χ0v) is 15.8. The molecule has 1 aromatic rings. The Labute approximate surface area is 154 Å². The fourth-order valence-corrected chi connectivity index (χ4v) is 2.50. The molecule has 1 atom stereocenters. The lowest BCUT2D eigenvalue weighted by Gasteiger charge is -2.28. The number of carbonyl (C=O) groups is 3. The Hall–Kier alpha value is -2.57. The predicted molar refractivity (Wildman–Crippen MR) is 98.2 cm³/mol. The van der Waals surface area contributed by atoms with E-state index < -0.39 is 12.0 Å². The van der Waals surface area contributed by atoms with Crippen molar-refractivity contribution in [2.45, 2.75) is 40.2 Å². The second-order valence-electron chi connectivity index (χ2n) is 6.31. The summed E-state index contributed by atoms with van der Waals surface area (Å²) in [6.45, 7) is 7.84. The van der Waals surface area contributed by atoms with Gasteiger partial charge in [-0.05, 0) is 43.5 Å². The second kappa shape index (κ2) is 10.4. The first-order chi connectivity index (χ1) is 12.3. The number of carboxylic acid groups (broad SMARTS) is 1. The van der Waals surface area contributed by atoms with E-state index in [1.807, 2.05) is 27.7 Å². The molecule has 0 radical (unpaired) electrons. The highest BCUT2D eigenvalue weighted by Crippen LogP contribution is 2.13. The normalized spacial score (nSPS) is 11.7. The number of nitrogens with zero attached hydrogens (tertiary/aromatic N) is 1. The van der Waals surface area contributed by atoms with E-state index in [1.54, 1.807) is 24.3 Å². The third-order valence-electron chi connectivity index (χ3n) is 3.78. The highest BCUT2D eigenvalue weighted by molar-refractivity contribution is 5.98. The Morgan fingerprint density at radius 3 is 2.23 bits per heavy atom. The number of hydrogen-bond donors (Lipinski definition) is 2. The number of amides is 2. The molecular formula is C19H28N2O5. The van der Waals surface area contributed by atoms with Gasteiger partial charge in [-0.2, -0.15) is 0 Å². The minimum Gasteiger partial charge on any atom is -0.494 e. The largest absolute Gasteiger partial charge is 0.494 e. The SMILES string of the molecule is CCCN(CC(=O)O)C(=O)C(NC(=O)c1ccc(OCC)cc1)C(C)C. The number of carbonyl (C=O) groups excluding carboxylic acids is 2. The van der Waals surface area contributed by atoms with Crippen LogP contribution in [0.3, 0.4) is 0 Å². The van der Waals surface area contributed by atoms with Crippen LogP contribution in [-0.4, -0.2) is 53.5 Å². The molecule has 26 heavy (non-hydrogen) atoms. The number of benzene rings is 1. The molecule has 0 aliphatic rings. The molecule has 0 fully saturated rings. The molecule has 0 aliphatic carbocycles. The fourth-order valence-electron chi connectivity index (χ4n) is 2.50. The van der Waals surface area contributed by atoms with E-state index in [0.29, 0.717) is 30.9 Å². The van der Waals surface area contributed by atoms with Gasteiger partial charge in [0.05, 0.1) is 6.61 Å². The second-order valence-corrected chi connectivity index (χ2v) is 6.31. The molecule has 1 unspecified atom stereocenters. The lowest BCUT2D eigenvalue weighted by molar-refractivity contribution is -0.145. The Balaban J connectivity index is 2.89. The van der Waals surface area contributed by atoms with Gasteiger partial charge in [0.25, 0.3) is 5.91 Å². The Kier molecular flexibility index (Phi) is 8.61. The van der Waals surface area contributed by atoms with Gasteiger partial charge < -0.3 is 20.1 Å². The molecule has 2 N–H and O–H groups in total. The number of aliphatic carboxylic acids is 1. The summed E-state index contributed by atoms with van der Waals surface area (Å²) in [5.41, 5.74) is 0.409. The average Bonchev–Trinajstić information content (AvgIpc) is 2.59. The van der Waals surface area contributed by atoms with Gasteiger partial charge in [0, 0.05) is 12.1 Å². The maximum Gasteiger partial charge on any atom is 0.323 e. The van der Waals surface area contributed by atoms with Crippen LogP contribution in [0.1, 0.15) is 44.5 Å². The van der Waals surface area contributed by atoms with Crippen molar-refractivity contribution in [3.63, 3.8) is 0 Å². The molecule has 0 saturated carbocycles. The molecule has 2 amide bonds. The Morgan fingerprint density at radius 2 is 1.77 bits per heavy atom. The van der Waals surface area contributed by atoms with Crippen LogP contribution in [0, 0.1) is 5.92 Å². The van der Waals surface area contributed by atoms with Crippen molar-refractivity contribution < 1.29 is 24.2 Å². The lowest BCUT2D eigenvalue weighted by Crippen LogP contribution is -2.52. The predicted octanol–water partition coefficient (Wildman–Crippen LogP) is 2.16. The van der Waals surface area contributed by atoms with Gasteiger partial charge in [0.15, 0.2) is 0 Å². The van der Waals surface area contributed by atoms with E-state index in [1.165, 1.54) is 4.90 Å². The summed E-state index contributed by atoms with van der Waals surface area (Å²) in [6.07, 6.45) is 0.636. The highest BCUT2D eigenvalue weighted by atomic mass is 16.5. The zero-order chi connectivity index (χ0) is 19.7. The quantitative estimate of drug-likeness (QED) is 0.663. The van der Waals surface area contributed by atoms with Crippen LogP contribution in [0.4, 0.5) is 0 Å². The minimum atomic E-state index is -1.08. The van der Waals surface area contributed by atoms with E-state index in [9.17, 15) is 14.4 Å². The molecule has 0 heterocycles. The van der Waals surface area contributed by atoms with Crippen molar-refractivity contribution in [1.29, 1.82) is 0 Å². The average molecular weight is 364 g/mol. The molecule has 144 valence electrons. The van der Waals surface area contributed by atoms with Gasteiger partial charge in [0.2, 0.25) is 5.91 Å². The van der Waals surface area contributed by atoms with Crippen LogP contribution in [-0.2, 0) is 9.59 Å². The maximum absolute atomic E-state index is 12.7. The summed E-state index contributed by atoms with van der Waals surface area (Å²) >= 11 is 0. The molecule has 0 aromatic heterocycles. The van der Waals surface area contributed by atoms with E-state index >= 15 is 0 Å². The van der Waals surface area contributed by atoms with Crippen molar-refractivity contribution in [3.8, 4) is 5.75 Å². The summed E-state index contributed by atoms with van der Waals surface area (Å²) in [7, 11) is 0. The molecule has 1 aromatic carbocycles. The third-order valence-corrected chi connectivity index (χ3v) is 3.78. The molecule has 1 rings (SSSR count). The van der Waals surface area contributed by atoms with E-state index in [0.717, 1.165) is 0 Å². The van der Waals surface area contributed by atoms with Gasteiger partial charge >= 0.3 is 5.97 Å². The van der Waals surface area contributed by atoms with E-state index in [-0.39, 0.29) is 24.3 Å².